The fraction of sp³-hybridized carbons (Fsp3) is 0. The minimum atomic E-state index is 0.714. The summed E-state index contributed by atoms with van der Waals surface area (Å²) in [5, 5.41) is 9.07. The molecule has 0 saturated heterocycles. The highest BCUT2D eigenvalue weighted by Gasteiger charge is 2.26. The standard InChI is InChI=1S/C38H19N3S2/c1-2-8-21(9-3-1)35-37-36(24-11-4-5-14-27(24)43-37)40-38(39-35)41-25-17-16-20-10-6-12-22-23-13-7-15-28-31(23)34-29(42-28)19-18-26(41)33(34)32(25)30(20)22/h1-19H. The van der Waals surface area contributed by atoms with Crippen LogP contribution in [0.4, 0.5) is 0 Å². The van der Waals surface area contributed by atoms with Gasteiger partial charge in [0.15, 0.2) is 0 Å². The Hall–Kier alpha value is -5.10. The lowest BCUT2D eigenvalue weighted by atomic mass is 9.95. The second-order valence-corrected chi connectivity index (χ2v) is 13.5. The molecule has 0 N–H and O–H groups in total. The molecule has 10 aromatic rings. The topological polar surface area (TPSA) is 30.7 Å². The minimum absolute atomic E-state index is 0.714. The van der Waals surface area contributed by atoms with Crippen LogP contribution in [-0.4, -0.2) is 14.5 Å². The summed E-state index contributed by atoms with van der Waals surface area (Å²) in [5.74, 6) is 0.714. The van der Waals surface area contributed by atoms with Gasteiger partial charge >= 0.3 is 0 Å². The number of hydrogen-bond donors (Lipinski definition) is 0. The third-order valence-corrected chi connectivity index (χ3v) is 11.4. The molecule has 0 fully saturated rings. The normalized spacial score (nSPS) is 12.7. The van der Waals surface area contributed by atoms with Gasteiger partial charge in [-0.3, -0.25) is 4.57 Å². The molecule has 5 heteroatoms. The summed E-state index contributed by atoms with van der Waals surface area (Å²) in [6, 6.07) is 41.8. The third kappa shape index (κ3) is 2.75. The average Bonchev–Trinajstić information content (AvgIpc) is 3.70. The zero-order valence-corrected chi connectivity index (χ0v) is 24.3. The van der Waals surface area contributed by atoms with E-state index >= 15 is 0 Å². The Balaban J connectivity index is 1.39. The highest BCUT2D eigenvalue weighted by Crippen LogP contribution is 2.52. The van der Waals surface area contributed by atoms with Crippen LogP contribution in [0.25, 0.3) is 101 Å². The minimum Gasteiger partial charge on any atom is -0.278 e. The van der Waals surface area contributed by atoms with E-state index in [1.807, 2.05) is 11.3 Å². The van der Waals surface area contributed by atoms with Crippen molar-refractivity contribution >= 4 is 95.7 Å². The summed E-state index contributed by atoms with van der Waals surface area (Å²) in [6.07, 6.45) is 0. The maximum atomic E-state index is 5.40. The number of fused-ring (bicyclic) bond motifs is 4. The second-order valence-electron chi connectivity index (χ2n) is 11.3. The van der Waals surface area contributed by atoms with Gasteiger partial charge in [0.25, 0.3) is 0 Å². The maximum Gasteiger partial charge on any atom is 0.235 e. The first-order chi connectivity index (χ1) is 21.3. The SMILES string of the molecule is c1ccc(-c2nc(-n3c4ccc5cccc6c5c4c4c5c(ccc43)sc3cccc-6c35)nc3c2sc2ccccc23)cc1. The predicted molar refractivity (Wildman–Crippen MR) is 184 cm³/mol. The van der Waals surface area contributed by atoms with Crippen LogP contribution in [0.3, 0.4) is 0 Å². The van der Waals surface area contributed by atoms with Crippen molar-refractivity contribution in [1.82, 2.24) is 14.5 Å². The molecule has 198 valence electrons. The summed E-state index contributed by atoms with van der Waals surface area (Å²) >= 11 is 3.66. The van der Waals surface area contributed by atoms with Crippen LogP contribution in [0.1, 0.15) is 0 Å². The Morgan fingerprint density at radius 1 is 0.488 bits per heavy atom. The van der Waals surface area contributed by atoms with Gasteiger partial charge in [-0.2, -0.15) is 0 Å². The zero-order valence-electron chi connectivity index (χ0n) is 22.6. The van der Waals surface area contributed by atoms with Crippen molar-refractivity contribution in [3.05, 3.63) is 115 Å². The van der Waals surface area contributed by atoms with Crippen molar-refractivity contribution in [3.8, 4) is 28.3 Å². The van der Waals surface area contributed by atoms with Crippen LogP contribution < -0.4 is 0 Å². The molecule has 6 aromatic carbocycles. The van der Waals surface area contributed by atoms with Crippen LogP contribution in [0.5, 0.6) is 0 Å². The van der Waals surface area contributed by atoms with E-state index in [4.69, 9.17) is 9.97 Å². The van der Waals surface area contributed by atoms with Crippen molar-refractivity contribution in [2.45, 2.75) is 0 Å². The number of aromatic nitrogens is 3. The first-order valence-electron chi connectivity index (χ1n) is 14.4. The fourth-order valence-electron chi connectivity index (χ4n) is 7.41. The molecule has 4 aromatic heterocycles. The number of hydrogen-bond acceptors (Lipinski definition) is 4. The highest BCUT2D eigenvalue weighted by molar-refractivity contribution is 7.26. The Morgan fingerprint density at radius 2 is 1.21 bits per heavy atom. The predicted octanol–water partition coefficient (Wildman–Crippen LogP) is 11.1. The lowest BCUT2D eigenvalue weighted by Crippen LogP contribution is -2.02. The largest absolute Gasteiger partial charge is 0.278 e. The Kier molecular flexibility index (Phi) is 4.10. The van der Waals surface area contributed by atoms with E-state index in [9.17, 15) is 0 Å². The third-order valence-electron chi connectivity index (χ3n) is 9.14. The monoisotopic (exact) mass is 581 g/mol. The molecule has 3 nitrogen and oxygen atoms in total. The van der Waals surface area contributed by atoms with Crippen molar-refractivity contribution in [2.75, 3.05) is 0 Å². The van der Waals surface area contributed by atoms with Crippen molar-refractivity contribution < 1.29 is 0 Å². The molecule has 0 unspecified atom stereocenters. The van der Waals surface area contributed by atoms with Gasteiger partial charge in [-0.05, 0) is 52.2 Å². The van der Waals surface area contributed by atoms with Gasteiger partial charge in [-0.25, -0.2) is 9.97 Å². The lowest BCUT2D eigenvalue weighted by molar-refractivity contribution is 1.02. The molecule has 11 rings (SSSR count). The van der Waals surface area contributed by atoms with E-state index in [0.29, 0.717) is 5.95 Å². The molecule has 1 aliphatic rings. The first kappa shape index (κ1) is 22.5. The summed E-state index contributed by atoms with van der Waals surface area (Å²) in [4.78, 5) is 10.8. The Morgan fingerprint density at radius 3 is 2.12 bits per heavy atom. The molecule has 0 atom stereocenters. The molecule has 43 heavy (non-hydrogen) atoms. The van der Waals surface area contributed by atoms with Crippen LogP contribution in [0.15, 0.2) is 115 Å². The second kappa shape index (κ2) is 7.84. The molecule has 4 heterocycles. The van der Waals surface area contributed by atoms with Gasteiger partial charge in [0.05, 0.1) is 26.9 Å². The molecule has 0 spiro atoms. The number of benzene rings is 6. The first-order valence-corrected chi connectivity index (χ1v) is 16.1. The Labute approximate surface area is 252 Å². The number of rotatable bonds is 2. The van der Waals surface area contributed by atoms with Gasteiger partial charge in [0.1, 0.15) is 0 Å². The summed E-state index contributed by atoms with van der Waals surface area (Å²) in [7, 11) is 0. The van der Waals surface area contributed by atoms with Gasteiger partial charge in [-0.1, -0.05) is 84.9 Å². The molecule has 0 bridgehead atoms. The number of nitrogens with zero attached hydrogens (tertiary/aromatic N) is 3. The maximum absolute atomic E-state index is 5.40. The molecule has 0 radical (unpaired) electrons. The Bertz CT molecular complexity index is 2840. The summed E-state index contributed by atoms with van der Waals surface area (Å²) in [5.41, 5.74) is 8.02. The molecular weight excluding hydrogens is 563 g/mol. The van der Waals surface area contributed by atoms with E-state index in [2.05, 4.69) is 120 Å². The quantitative estimate of drug-likeness (QED) is 0.203. The van der Waals surface area contributed by atoms with E-state index in [-0.39, 0.29) is 0 Å². The van der Waals surface area contributed by atoms with Crippen LogP contribution in [-0.2, 0) is 0 Å². The van der Waals surface area contributed by atoms with E-state index in [0.717, 1.165) is 32.5 Å². The van der Waals surface area contributed by atoms with Crippen molar-refractivity contribution in [1.29, 1.82) is 0 Å². The van der Waals surface area contributed by atoms with E-state index in [1.165, 1.54) is 62.9 Å². The molecule has 0 amide bonds. The number of thiophene rings is 2. The van der Waals surface area contributed by atoms with Crippen molar-refractivity contribution in [3.63, 3.8) is 0 Å². The molecule has 0 saturated carbocycles. The van der Waals surface area contributed by atoms with Crippen LogP contribution in [0.2, 0.25) is 0 Å². The van der Waals surface area contributed by atoms with Gasteiger partial charge in [0, 0.05) is 46.6 Å². The van der Waals surface area contributed by atoms with Crippen LogP contribution in [0, 0.1) is 0 Å². The molecule has 0 aliphatic heterocycles. The van der Waals surface area contributed by atoms with Crippen molar-refractivity contribution in [2.24, 2.45) is 0 Å². The average molecular weight is 582 g/mol. The smallest absolute Gasteiger partial charge is 0.235 e. The van der Waals surface area contributed by atoms with Gasteiger partial charge in [0.2, 0.25) is 5.95 Å². The summed E-state index contributed by atoms with van der Waals surface area (Å²) in [6.45, 7) is 0. The van der Waals surface area contributed by atoms with E-state index in [1.54, 1.807) is 11.3 Å². The van der Waals surface area contributed by atoms with E-state index < -0.39 is 0 Å². The molecular formula is C38H19N3S2. The van der Waals surface area contributed by atoms with Crippen LogP contribution >= 0.6 is 22.7 Å². The molecule has 1 aliphatic carbocycles. The lowest BCUT2D eigenvalue weighted by Gasteiger charge is -2.12. The van der Waals surface area contributed by atoms with Gasteiger partial charge < -0.3 is 0 Å². The summed E-state index contributed by atoms with van der Waals surface area (Å²) < 4.78 is 7.33. The van der Waals surface area contributed by atoms with Gasteiger partial charge in [-0.15, -0.1) is 22.7 Å². The highest BCUT2D eigenvalue weighted by atomic mass is 32.1. The fourth-order valence-corrected chi connectivity index (χ4v) is 9.70. The zero-order chi connectivity index (χ0) is 27.8.